The van der Waals surface area contributed by atoms with Crippen molar-refractivity contribution in [1.82, 2.24) is 19.9 Å². The molecule has 1 saturated heterocycles. The Morgan fingerprint density at radius 1 is 1.29 bits per heavy atom. The van der Waals surface area contributed by atoms with Crippen molar-refractivity contribution in [1.29, 1.82) is 0 Å². The van der Waals surface area contributed by atoms with Gasteiger partial charge < -0.3 is 15.0 Å². The van der Waals surface area contributed by atoms with Gasteiger partial charge in [-0.05, 0) is 32.3 Å². The lowest BCUT2D eigenvalue weighted by molar-refractivity contribution is -0.122. The lowest BCUT2D eigenvalue weighted by Crippen LogP contribution is -2.43. The predicted octanol–water partition coefficient (Wildman–Crippen LogP) is 2.56. The number of nitrogens with one attached hydrogen (secondary N) is 1. The van der Waals surface area contributed by atoms with E-state index >= 15 is 0 Å². The van der Waals surface area contributed by atoms with Gasteiger partial charge in [0.2, 0.25) is 5.91 Å². The van der Waals surface area contributed by atoms with Crippen molar-refractivity contribution in [2.75, 3.05) is 18.6 Å². The van der Waals surface area contributed by atoms with E-state index in [9.17, 15) is 9.59 Å². The van der Waals surface area contributed by atoms with Gasteiger partial charge in [-0.3, -0.25) is 14.2 Å². The van der Waals surface area contributed by atoms with Crippen LogP contribution in [0.3, 0.4) is 0 Å². The smallest absolute Gasteiger partial charge is 0.280 e. The minimum absolute atomic E-state index is 0.0253. The number of fused-ring (bicyclic) bond motifs is 1. The molecule has 1 aliphatic heterocycles. The summed E-state index contributed by atoms with van der Waals surface area (Å²) < 4.78 is 7.02. The minimum Gasteiger partial charge on any atom is -0.371 e. The van der Waals surface area contributed by atoms with E-state index in [1.165, 1.54) is 15.9 Å². The molecule has 4 rings (SSSR count). The Hall–Kier alpha value is -2.78. The van der Waals surface area contributed by atoms with Crippen molar-refractivity contribution < 1.29 is 9.53 Å². The fourth-order valence-electron chi connectivity index (χ4n) is 3.87. The predicted molar refractivity (Wildman–Crippen MR) is 121 cm³/mol. The van der Waals surface area contributed by atoms with Crippen molar-refractivity contribution in [3.63, 3.8) is 0 Å². The molecule has 1 N–H and O–H groups in total. The third kappa shape index (κ3) is 4.07. The summed E-state index contributed by atoms with van der Waals surface area (Å²) in [6, 6.07) is 9.53. The van der Waals surface area contributed by atoms with Crippen LogP contribution >= 0.6 is 11.3 Å². The summed E-state index contributed by atoms with van der Waals surface area (Å²) in [6.07, 6.45) is 1.65. The zero-order chi connectivity index (χ0) is 22.2. The second kappa shape index (κ2) is 8.39. The average Bonchev–Trinajstić information content (AvgIpc) is 3.42. The van der Waals surface area contributed by atoms with Gasteiger partial charge in [-0.1, -0.05) is 41.7 Å². The van der Waals surface area contributed by atoms with Crippen LogP contribution < -0.4 is 15.8 Å². The molecule has 1 amide bonds. The summed E-state index contributed by atoms with van der Waals surface area (Å²) in [4.78, 5) is 37.6. The van der Waals surface area contributed by atoms with Crippen LogP contribution in [0, 0.1) is 0 Å². The van der Waals surface area contributed by atoms with E-state index in [0.717, 1.165) is 24.9 Å². The minimum atomic E-state index is -0.709. The molecule has 0 radical (unpaired) electrons. The molecular weight excluding hydrogens is 414 g/mol. The van der Waals surface area contributed by atoms with Crippen molar-refractivity contribution >= 4 is 32.7 Å². The Morgan fingerprint density at radius 2 is 2.03 bits per heavy atom. The molecule has 31 heavy (non-hydrogen) atoms. The van der Waals surface area contributed by atoms with Crippen molar-refractivity contribution in [3.8, 4) is 0 Å². The topological polar surface area (TPSA) is 89.3 Å². The Labute approximate surface area is 184 Å². The number of carbonyl (C=O) groups is 1. The number of hydrogen-bond acceptors (Lipinski definition) is 7. The van der Waals surface area contributed by atoms with E-state index in [4.69, 9.17) is 4.74 Å². The molecule has 3 aromatic rings. The fourth-order valence-corrected chi connectivity index (χ4v) is 4.87. The Balaban J connectivity index is 1.61. The van der Waals surface area contributed by atoms with Gasteiger partial charge in [-0.2, -0.15) is 0 Å². The van der Waals surface area contributed by atoms with Gasteiger partial charge in [0.05, 0.1) is 0 Å². The number of anilines is 1. The lowest BCUT2D eigenvalue weighted by atomic mass is 10.1. The molecular formula is C22H27N5O3S. The highest BCUT2D eigenvalue weighted by atomic mass is 32.1. The van der Waals surface area contributed by atoms with Crippen LogP contribution in [-0.2, 0) is 28.7 Å². The van der Waals surface area contributed by atoms with Crippen molar-refractivity contribution in [2.45, 2.75) is 44.9 Å². The first-order valence-electron chi connectivity index (χ1n) is 10.3. The van der Waals surface area contributed by atoms with E-state index in [0.29, 0.717) is 27.8 Å². The highest BCUT2D eigenvalue weighted by Gasteiger charge is 2.34. The third-order valence-electron chi connectivity index (χ3n) is 5.79. The quantitative estimate of drug-likeness (QED) is 0.632. The highest BCUT2D eigenvalue weighted by molar-refractivity contribution is 7.21. The molecule has 1 aromatic carbocycles. The van der Waals surface area contributed by atoms with Crippen molar-refractivity contribution in [2.24, 2.45) is 7.05 Å². The molecule has 8 nitrogen and oxygen atoms in total. The molecule has 164 valence electrons. The van der Waals surface area contributed by atoms with Crippen molar-refractivity contribution in [3.05, 3.63) is 52.1 Å². The zero-order valence-corrected chi connectivity index (χ0v) is 19.0. The molecule has 1 aliphatic rings. The molecule has 1 atom stereocenters. The molecule has 0 unspecified atom stereocenters. The summed E-state index contributed by atoms with van der Waals surface area (Å²) in [5.41, 5.74) is 0.464. The van der Waals surface area contributed by atoms with Crippen LogP contribution in [0.25, 0.3) is 10.3 Å². The fraction of sp³-hybridized carbons (Fsp3) is 0.455. The van der Waals surface area contributed by atoms with E-state index in [1.807, 2.05) is 49.1 Å². The van der Waals surface area contributed by atoms with Gasteiger partial charge in [0.1, 0.15) is 17.5 Å². The third-order valence-corrected chi connectivity index (χ3v) is 6.78. The number of hydrogen-bond donors (Lipinski definition) is 1. The van der Waals surface area contributed by atoms with Crippen LogP contribution in [0.4, 0.5) is 5.13 Å². The zero-order valence-electron chi connectivity index (χ0n) is 18.2. The van der Waals surface area contributed by atoms with Crippen LogP contribution in [0.5, 0.6) is 0 Å². The summed E-state index contributed by atoms with van der Waals surface area (Å²) in [7, 11) is 3.27. The Morgan fingerprint density at radius 3 is 2.74 bits per heavy atom. The molecule has 3 heterocycles. The van der Waals surface area contributed by atoms with Gasteiger partial charge in [0.25, 0.3) is 5.56 Å². The molecule has 2 aromatic heterocycles. The Kier molecular flexibility index (Phi) is 5.81. The van der Waals surface area contributed by atoms with E-state index in [1.54, 1.807) is 14.2 Å². The SMILES string of the molecule is COC(C)(C)c1nc2sc(N3CCC[C@@H]3C(=O)NCc3ccccc3)nc2c(=O)n1C. The molecule has 0 bridgehead atoms. The maximum absolute atomic E-state index is 12.9. The number of amides is 1. The first kappa shape index (κ1) is 21.5. The summed E-state index contributed by atoms with van der Waals surface area (Å²) in [5.74, 6) is 0.518. The van der Waals surface area contributed by atoms with Crippen LogP contribution in [0.15, 0.2) is 35.1 Å². The molecule has 0 spiro atoms. The van der Waals surface area contributed by atoms with Gasteiger partial charge in [0, 0.05) is 27.2 Å². The number of aromatic nitrogens is 3. The molecule has 9 heteroatoms. The number of rotatable bonds is 6. The first-order chi connectivity index (χ1) is 14.8. The van der Waals surface area contributed by atoms with Crippen LogP contribution in [0.2, 0.25) is 0 Å². The summed E-state index contributed by atoms with van der Waals surface area (Å²) in [6.45, 7) is 4.95. The van der Waals surface area contributed by atoms with Gasteiger partial charge in [0.15, 0.2) is 15.5 Å². The normalized spacial score (nSPS) is 16.8. The number of benzene rings is 1. The number of carbonyl (C=O) groups excluding carboxylic acids is 1. The second-order valence-corrected chi connectivity index (χ2v) is 9.18. The summed E-state index contributed by atoms with van der Waals surface area (Å²) in [5, 5.41) is 3.69. The maximum Gasteiger partial charge on any atom is 0.280 e. The van der Waals surface area contributed by atoms with E-state index in [-0.39, 0.29) is 17.5 Å². The van der Waals surface area contributed by atoms with Gasteiger partial charge >= 0.3 is 0 Å². The Bertz CT molecular complexity index is 1160. The highest BCUT2D eigenvalue weighted by Crippen LogP contribution is 2.33. The monoisotopic (exact) mass is 441 g/mol. The standard InChI is InChI=1S/C22H27N5O3S/c1-22(2,30-4)20-25-18-16(19(29)26(20)3)24-21(31-18)27-12-8-11-15(27)17(28)23-13-14-9-6-5-7-10-14/h5-7,9-10,15H,8,11-13H2,1-4H3,(H,23,28)/t15-/m1/s1. The van der Waals surface area contributed by atoms with Crippen LogP contribution in [-0.4, -0.2) is 40.1 Å². The molecule has 0 saturated carbocycles. The summed E-state index contributed by atoms with van der Waals surface area (Å²) >= 11 is 1.35. The molecule has 1 fully saturated rings. The lowest BCUT2D eigenvalue weighted by Gasteiger charge is -2.23. The van der Waals surface area contributed by atoms with Gasteiger partial charge in [-0.15, -0.1) is 0 Å². The number of nitrogens with zero attached hydrogens (tertiary/aromatic N) is 4. The number of methoxy groups -OCH3 is 1. The largest absolute Gasteiger partial charge is 0.371 e. The maximum atomic E-state index is 12.9. The molecule has 0 aliphatic carbocycles. The van der Waals surface area contributed by atoms with E-state index < -0.39 is 5.60 Å². The number of ether oxygens (including phenoxy) is 1. The van der Waals surface area contributed by atoms with Gasteiger partial charge in [-0.25, -0.2) is 9.97 Å². The average molecular weight is 442 g/mol. The van der Waals surface area contributed by atoms with Crippen LogP contribution in [0.1, 0.15) is 38.1 Å². The van der Waals surface area contributed by atoms with E-state index in [2.05, 4.69) is 15.3 Å². The number of thiazole rings is 1. The first-order valence-corrected chi connectivity index (χ1v) is 11.1. The second-order valence-electron chi connectivity index (χ2n) is 8.22.